The Kier molecular flexibility index (Phi) is 4.13. The van der Waals surface area contributed by atoms with Crippen molar-refractivity contribution in [3.05, 3.63) is 41.6 Å². The highest BCUT2D eigenvalue weighted by atomic mass is 16.5. The molecule has 1 aliphatic carbocycles. The van der Waals surface area contributed by atoms with Crippen molar-refractivity contribution in [3.63, 3.8) is 0 Å². The molecule has 1 heterocycles. The summed E-state index contributed by atoms with van der Waals surface area (Å²) in [5.41, 5.74) is 0.996. The standard InChI is InChI=1S/C17H20N2O3/c1-3-21-14-10-5-4-9-13(14)18-16(20)15-11(2)22-17(19-15)12-7-6-8-12/h4-5,9-10,12H,3,6-8H2,1-2H3,(H,18,20). The fourth-order valence-electron chi connectivity index (χ4n) is 2.49. The molecule has 1 N–H and O–H groups in total. The van der Waals surface area contributed by atoms with Gasteiger partial charge in [0.25, 0.3) is 5.91 Å². The smallest absolute Gasteiger partial charge is 0.278 e. The van der Waals surface area contributed by atoms with Crippen molar-refractivity contribution in [1.29, 1.82) is 0 Å². The molecule has 0 atom stereocenters. The van der Waals surface area contributed by atoms with Crippen molar-refractivity contribution in [2.24, 2.45) is 0 Å². The number of carbonyl (C=O) groups excluding carboxylic acids is 1. The molecule has 0 aliphatic heterocycles. The molecule has 116 valence electrons. The zero-order valence-corrected chi connectivity index (χ0v) is 12.9. The molecule has 5 nitrogen and oxygen atoms in total. The molecule has 1 fully saturated rings. The van der Waals surface area contributed by atoms with E-state index in [9.17, 15) is 4.79 Å². The molecule has 0 unspecified atom stereocenters. The number of oxazole rings is 1. The van der Waals surface area contributed by atoms with Gasteiger partial charge in [0.15, 0.2) is 11.6 Å². The van der Waals surface area contributed by atoms with E-state index in [0.717, 1.165) is 12.8 Å². The highest BCUT2D eigenvalue weighted by Gasteiger charge is 2.27. The van der Waals surface area contributed by atoms with Crippen LogP contribution in [0, 0.1) is 6.92 Å². The summed E-state index contributed by atoms with van der Waals surface area (Å²) in [4.78, 5) is 16.8. The Hall–Kier alpha value is -2.30. The van der Waals surface area contributed by atoms with Crippen molar-refractivity contribution in [2.75, 3.05) is 11.9 Å². The number of nitrogens with zero attached hydrogens (tertiary/aromatic N) is 1. The zero-order valence-electron chi connectivity index (χ0n) is 12.9. The first-order valence-corrected chi connectivity index (χ1v) is 7.69. The Labute approximate surface area is 129 Å². The number of para-hydroxylation sites is 2. The van der Waals surface area contributed by atoms with Crippen molar-refractivity contribution in [3.8, 4) is 5.75 Å². The molecular weight excluding hydrogens is 280 g/mol. The predicted molar refractivity (Wildman–Crippen MR) is 83.4 cm³/mol. The lowest BCUT2D eigenvalue weighted by Crippen LogP contribution is -2.15. The number of hydrogen-bond acceptors (Lipinski definition) is 4. The number of carbonyl (C=O) groups is 1. The first kappa shape index (κ1) is 14.6. The number of benzene rings is 1. The third kappa shape index (κ3) is 2.84. The highest BCUT2D eigenvalue weighted by molar-refractivity contribution is 6.04. The number of amides is 1. The second kappa shape index (κ2) is 6.22. The third-order valence-corrected chi connectivity index (χ3v) is 3.92. The van der Waals surface area contributed by atoms with Crippen LogP contribution >= 0.6 is 0 Å². The largest absolute Gasteiger partial charge is 0.492 e. The average molecular weight is 300 g/mol. The number of ether oxygens (including phenoxy) is 1. The molecule has 1 aliphatic rings. The molecule has 2 aromatic rings. The molecule has 0 bridgehead atoms. The van der Waals surface area contributed by atoms with Crippen LogP contribution in [-0.4, -0.2) is 17.5 Å². The van der Waals surface area contributed by atoms with Gasteiger partial charge in [0.1, 0.15) is 11.5 Å². The van der Waals surface area contributed by atoms with Crippen LogP contribution in [0.4, 0.5) is 5.69 Å². The Morgan fingerprint density at radius 2 is 2.18 bits per heavy atom. The number of hydrogen-bond donors (Lipinski definition) is 1. The van der Waals surface area contributed by atoms with Crippen LogP contribution in [0.3, 0.4) is 0 Å². The van der Waals surface area contributed by atoms with E-state index in [1.807, 2.05) is 31.2 Å². The monoisotopic (exact) mass is 300 g/mol. The van der Waals surface area contributed by atoms with Gasteiger partial charge in [0, 0.05) is 5.92 Å². The molecule has 1 amide bonds. The van der Waals surface area contributed by atoms with E-state index in [4.69, 9.17) is 9.15 Å². The molecule has 0 radical (unpaired) electrons. The zero-order chi connectivity index (χ0) is 15.5. The summed E-state index contributed by atoms with van der Waals surface area (Å²) in [5.74, 6) is 2.01. The van der Waals surface area contributed by atoms with E-state index < -0.39 is 0 Å². The number of rotatable bonds is 5. The van der Waals surface area contributed by atoms with Crippen LogP contribution in [0.25, 0.3) is 0 Å². The SMILES string of the molecule is CCOc1ccccc1NC(=O)c1nc(C2CCC2)oc1C. The Morgan fingerprint density at radius 1 is 1.41 bits per heavy atom. The van der Waals surface area contributed by atoms with Crippen LogP contribution < -0.4 is 10.1 Å². The first-order valence-electron chi connectivity index (χ1n) is 7.69. The number of aryl methyl sites for hydroxylation is 1. The van der Waals surface area contributed by atoms with Gasteiger partial charge in [0.05, 0.1) is 12.3 Å². The summed E-state index contributed by atoms with van der Waals surface area (Å²) in [5, 5.41) is 2.85. The molecular formula is C17H20N2O3. The van der Waals surface area contributed by atoms with E-state index in [1.54, 1.807) is 6.92 Å². The summed E-state index contributed by atoms with van der Waals surface area (Å²) >= 11 is 0. The van der Waals surface area contributed by atoms with E-state index in [2.05, 4.69) is 10.3 Å². The Balaban J connectivity index is 1.78. The lowest BCUT2D eigenvalue weighted by atomic mass is 9.85. The molecule has 0 saturated heterocycles. The molecule has 5 heteroatoms. The average Bonchev–Trinajstić information content (AvgIpc) is 2.81. The van der Waals surface area contributed by atoms with Gasteiger partial charge < -0.3 is 14.5 Å². The maximum absolute atomic E-state index is 12.4. The predicted octanol–water partition coefficient (Wildman–Crippen LogP) is 3.90. The molecule has 1 saturated carbocycles. The van der Waals surface area contributed by atoms with Gasteiger partial charge in [-0.15, -0.1) is 0 Å². The Morgan fingerprint density at radius 3 is 2.86 bits per heavy atom. The van der Waals surface area contributed by atoms with Gasteiger partial charge in [-0.3, -0.25) is 4.79 Å². The highest BCUT2D eigenvalue weighted by Crippen LogP contribution is 2.36. The number of nitrogens with one attached hydrogen (secondary N) is 1. The second-order valence-corrected chi connectivity index (χ2v) is 5.47. The van der Waals surface area contributed by atoms with E-state index in [0.29, 0.717) is 41.3 Å². The van der Waals surface area contributed by atoms with E-state index >= 15 is 0 Å². The lowest BCUT2D eigenvalue weighted by molar-refractivity contribution is 0.102. The number of aromatic nitrogens is 1. The second-order valence-electron chi connectivity index (χ2n) is 5.47. The molecule has 0 spiro atoms. The topological polar surface area (TPSA) is 64.4 Å². The fraction of sp³-hybridized carbons (Fsp3) is 0.412. The van der Waals surface area contributed by atoms with Crippen molar-refractivity contribution >= 4 is 11.6 Å². The van der Waals surface area contributed by atoms with Crippen LogP contribution in [-0.2, 0) is 0 Å². The maximum atomic E-state index is 12.4. The van der Waals surface area contributed by atoms with Gasteiger partial charge in [-0.1, -0.05) is 18.6 Å². The van der Waals surface area contributed by atoms with E-state index in [1.165, 1.54) is 6.42 Å². The van der Waals surface area contributed by atoms with Crippen molar-refractivity contribution < 1.29 is 13.9 Å². The quantitative estimate of drug-likeness (QED) is 0.909. The van der Waals surface area contributed by atoms with E-state index in [-0.39, 0.29) is 5.91 Å². The first-order chi connectivity index (χ1) is 10.7. The van der Waals surface area contributed by atoms with Gasteiger partial charge in [-0.25, -0.2) is 4.98 Å². The normalized spacial score (nSPS) is 14.5. The summed E-state index contributed by atoms with van der Waals surface area (Å²) in [7, 11) is 0. The van der Waals surface area contributed by atoms with Gasteiger partial charge >= 0.3 is 0 Å². The van der Waals surface area contributed by atoms with Crippen molar-refractivity contribution in [2.45, 2.75) is 39.0 Å². The minimum absolute atomic E-state index is 0.265. The molecule has 1 aromatic carbocycles. The van der Waals surface area contributed by atoms with Crippen LogP contribution in [0.5, 0.6) is 5.75 Å². The maximum Gasteiger partial charge on any atom is 0.278 e. The summed E-state index contributed by atoms with van der Waals surface area (Å²) in [6, 6.07) is 7.37. The minimum atomic E-state index is -0.265. The van der Waals surface area contributed by atoms with Gasteiger partial charge in [-0.2, -0.15) is 0 Å². The molecule has 3 rings (SSSR count). The number of anilines is 1. The summed E-state index contributed by atoms with van der Waals surface area (Å²) in [6.45, 7) is 4.23. The third-order valence-electron chi connectivity index (χ3n) is 3.92. The lowest BCUT2D eigenvalue weighted by Gasteiger charge is -2.21. The summed E-state index contributed by atoms with van der Waals surface area (Å²) < 4.78 is 11.2. The fourth-order valence-corrected chi connectivity index (χ4v) is 2.49. The van der Waals surface area contributed by atoms with Crippen LogP contribution in [0.15, 0.2) is 28.7 Å². The van der Waals surface area contributed by atoms with Crippen LogP contribution in [0.2, 0.25) is 0 Å². The van der Waals surface area contributed by atoms with Crippen molar-refractivity contribution in [1.82, 2.24) is 4.98 Å². The Bertz CT molecular complexity index is 674. The molecule has 1 aromatic heterocycles. The van der Waals surface area contributed by atoms with Gasteiger partial charge in [-0.05, 0) is 38.8 Å². The van der Waals surface area contributed by atoms with Gasteiger partial charge in [0.2, 0.25) is 0 Å². The molecule has 22 heavy (non-hydrogen) atoms. The summed E-state index contributed by atoms with van der Waals surface area (Å²) in [6.07, 6.45) is 3.39. The van der Waals surface area contributed by atoms with Crippen LogP contribution in [0.1, 0.15) is 54.2 Å². The minimum Gasteiger partial charge on any atom is -0.492 e.